The number of nitrogens with one attached hydrogen (secondary N) is 1. The Hall–Kier alpha value is -1.50. The van der Waals surface area contributed by atoms with Crippen LogP contribution in [0, 0.1) is 0 Å². The maximum Gasteiger partial charge on any atom is 0.271 e. The van der Waals surface area contributed by atoms with Gasteiger partial charge in [-0.3, -0.25) is 9.59 Å². The smallest absolute Gasteiger partial charge is 0.271 e. The first kappa shape index (κ1) is 11.6. The predicted octanol–water partition coefficient (Wildman–Crippen LogP) is -0.157. The first-order valence-electron chi connectivity index (χ1n) is 4.08. The number of primary amides is 1. The second-order valence-corrected chi connectivity index (χ2v) is 3.67. The highest BCUT2D eigenvalue weighted by Crippen LogP contribution is 2.11. The zero-order valence-corrected chi connectivity index (χ0v) is 9.48. The van der Waals surface area contributed by atoms with Gasteiger partial charge in [-0.05, 0) is 22.9 Å². The Morgan fingerprint density at radius 2 is 2.27 bits per heavy atom. The van der Waals surface area contributed by atoms with Crippen molar-refractivity contribution in [3.63, 3.8) is 0 Å². The largest absolute Gasteiger partial charge is 0.368 e. The Labute approximate surface area is 94.4 Å². The van der Waals surface area contributed by atoms with Crippen LogP contribution in [0.5, 0.6) is 0 Å². The minimum Gasteiger partial charge on any atom is -0.368 e. The second kappa shape index (κ2) is 4.83. The third-order valence-electron chi connectivity index (χ3n) is 1.66. The van der Waals surface area contributed by atoms with Gasteiger partial charge in [0.15, 0.2) is 0 Å². The van der Waals surface area contributed by atoms with Gasteiger partial charge in [0.2, 0.25) is 5.91 Å². The Morgan fingerprint density at radius 1 is 1.60 bits per heavy atom. The average molecular weight is 273 g/mol. The monoisotopic (exact) mass is 272 g/mol. The van der Waals surface area contributed by atoms with Crippen LogP contribution in [-0.2, 0) is 4.79 Å². The summed E-state index contributed by atoms with van der Waals surface area (Å²) in [5.74, 6) is -1.08. The van der Waals surface area contributed by atoms with Crippen molar-refractivity contribution in [1.29, 1.82) is 0 Å². The molecule has 0 saturated carbocycles. The van der Waals surface area contributed by atoms with Crippen molar-refractivity contribution in [3.8, 4) is 0 Å². The number of nitrogens with two attached hydrogens (primary N) is 1. The van der Waals surface area contributed by atoms with Gasteiger partial charge >= 0.3 is 0 Å². The van der Waals surface area contributed by atoms with Crippen LogP contribution < -0.4 is 11.1 Å². The highest BCUT2D eigenvalue weighted by Gasteiger charge is 2.16. The van der Waals surface area contributed by atoms with Crippen LogP contribution in [0.15, 0.2) is 17.0 Å². The Balaban J connectivity index is 2.78. The summed E-state index contributed by atoms with van der Waals surface area (Å²) >= 11 is 3.12. The van der Waals surface area contributed by atoms with E-state index < -0.39 is 17.9 Å². The minimum absolute atomic E-state index is 0.165. The molecular weight excluding hydrogens is 264 g/mol. The zero-order valence-electron chi connectivity index (χ0n) is 7.90. The van der Waals surface area contributed by atoms with E-state index in [9.17, 15) is 9.59 Å². The van der Waals surface area contributed by atoms with E-state index in [1.54, 1.807) is 0 Å². The molecule has 0 aromatic carbocycles. The van der Waals surface area contributed by atoms with Gasteiger partial charge in [-0.25, -0.2) is 9.97 Å². The van der Waals surface area contributed by atoms with E-state index in [1.807, 2.05) is 0 Å². The fourth-order valence-corrected chi connectivity index (χ4v) is 1.22. The Bertz CT molecular complexity index is 396. The highest BCUT2D eigenvalue weighted by atomic mass is 79.9. The van der Waals surface area contributed by atoms with Crippen LogP contribution in [0.3, 0.4) is 0 Å². The predicted molar refractivity (Wildman–Crippen MR) is 55.9 cm³/mol. The quantitative estimate of drug-likeness (QED) is 0.799. The number of carbonyl (C=O) groups is 2. The number of halogens is 1. The molecule has 0 aliphatic heterocycles. The Kier molecular flexibility index (Phi) is 3.73. The molecular formula is C8H9BrN4O2. The molecule has 0 fully saturated rings. The molecule has 80 valence electrons. The van der Waals surface area contributed by atoms with Crippen LogP contribution in [0.2, 0.25) is 0 Å². The van der Waals surface area contributed by atoms with Crippen LogP contribution in [0.1, 0.15) is 17.4 Å². The van der Waals surface area contributed by atoms with Gasteiger partial charge in [-0.15, -0.1) is 0 Å². The standard InChI is InChI=1S/C8H9BrN4O2/c1-4(7(10)14)13-8(15)6-5(9)2-11-3-12-6/h2-4H,1H3,(H2,10,14)(H,13,15)/t4-/m0/s1. The molecule has 0 aliphatic carbocycles. The van der Waals surface area contributed by atoms with Gasteiger partial charge in [0.25, 0.3) is 5.91 Å². The summed E-state index contributed by atoms with van der Waals surface area (Å²) in [6.07, 6.45) is 2.69. The molecule has 1 aromatic rings. The molecule has 0 bridgehead atoms. The van der Waals surface area contributed by atoms with Gasteiger partial charge in [-0.1, -0.05) is 0 Å². The molecule has 0 radical (unpaired) electrons. The Morgan fingerprint density at radius 3 is 2.80 bits per heavy atom. The molecule has 3 N–H and O–H groups in total. The number of rotatable bonds is 3. The fourth-order valence-electron chi connectivity index (χ4n) is 0.816. The van der Waals surface area contributed by atoms with E-state index >= 15 is 0 Å². The zero-order chi connectivity index (χ0) is 11.4. The first-order valence-corrected chi connectivity index (χ1v) is 4.87. The molecule has 15 heavy (non-hydrogen) atoms. The molecule has 0 saturated heterocycles. The van der Waals surface area contributed by atoms with Crippen molar-refractivity contribution in [1.82, 2.24) is 15.3 Å². The lowest BCUT2D eigenvalue weighted by Crippen LogP contribution is -2.42. The summed E-state index contributed by atoms with van der Waals surface area (Å²) in [7, 11) is 0. The van der Waals surface area contributed by atoms with Crippen molar-refractivity contribution in [2.24, 2.45) is 5.73 Å². The van der Waals surface area contributed by atoms with Gasteiger partial charge in [0, 0.05) is 6.20 Å². The van der Waals surface area contributed by atoms with E-state index in [0.717, 1.165) is 0 Å². The van der Waals surface area contributed by atoms with Gasteiger partial charge in [0.1, 0.15) is 18.1 Å². The average Bonchev–Trinajstić information content (AvgIpc) is 2.18. The third kappa shape index (κ3) is 2.98. The highest BCUT2D eigenvalue weighted by molar-refractivity contribution is 9.10. The summed E-state index contributed by atoms with van der Waals surface area (Å²) in [5, 5.41) is 2.40. The molecule has 0 unspecified atom stereocenters. The number of aromatic nitrogens is 2. The lowest BCUT2D eigenvalue weighted by Gasteiger charge is -2.09. The summed E-state index contributed by atoms with van der Waals surface area (Å²) in [6.45, 7) is 1.50. The number of hydrogen-bond donors (Lipinski definition) is 2. The van der Waals surface area contributed by atoms with Crippen LogP contribution in [0.25, 0.3) is 0 Å². The molecule has 7 heteroatoms. The normalized spacial score (nSPS) is 11.9. The van der Waals surface area contributed by atoms with E-state index in [-0.39, 0.29) is 5.69 Å². The lowest BCUT2D eigenvalue weighted by atomic mass is 10.3. The molecule has 1 rings (SSSR count). The molecule has 0 aliphatic rings. The van der Waals surface area contributed by atoms with Crippen LogP contribution in [0.4, 0.5) is 0 Å². The van der Waals surface area contributed by atoms with Gasteiger partial charge in [-0.2, -0.15) is 0 Å². The number of nitrogens with zero attached hydrogens (tertiary/aromatic N) is 2. The minimum atomic E-state index is -0.737. The SMILES string of the molecule is C[C@H](NC(=O)c1ncncc1Br)C(N)=O. The molecule has 1 aromatic heterocycles. The number of carbonyl (C=O) groups excluding carboxylic acids is 2. The maximum absolute atomic E-state index is 11.5. The summed E-state index contributed by atoms with van der Waals surface area (Å²) < 4.78 is 0.458. The lowest BCUT2D eigenvalue weighted by molar-refractivity contribution is -0.119. The van der Waals surface area contributed by atoms with Crippen molar-refractivity contribution in [2.45, 2.75) is 13.0 Å². The van der Waals surface area contributed by atoms with Gasteiger partial charge < -0.3 is 11.1 Å². The van der Waals surface area contributed by atoms with E-state index in [1.165, 1.54) is 19.4 Å². The van der Waals surface area contributed by atoms with Crippen molar-refractivity contribution < 1.29 is 9.59 Å². The summed E-state index contributed by atoms with van der Waals surface area (Å²) in [6, 6.07) is -0.737. The molecule has 6 nitrogen and oxygen atoms in total. The second-order valence-electron chi connectivity index (χ2n) is 2.82. The van der Waals surface area contributed by atoms with Gasteiger partial charge in [0.05, 0.1) is 4.47 Å². The molecule has 2 amide bonds. The molecule has 1 atom stereocenters. The topological polar surface area (TPSA) is 98.0 Å². The van der Waals surface area contributed by atoms with Crippen LogP contribution in [-0.4, -0.2) is 27.8 Å². The van der Waals surface area contributed by atoms with E-state index in [2.05, 4.69) is 31.2 Å². The number of amides is 2. The molecule has 1 heterocycles. The molecule has 0 spiro atoms. The van der Waals surface area contributed by atoms with E-state index in [4.69, 9.17) is 5.73 Å². The van der Waals surface area contributed by atoms with Crippen molar-refractivity contribution in [2.75, 3.05) is 0 Å². The third-order valence-corrected chi connectivity index (χ3v) is 2.24. The summed E-state index contributed by atoms with van der Waals surface area (Å²) in [5.41, 5.74) is 5.17. The first-order chi connectivity index (χ1) is 7.02. The summed E-state index contributed by atoms with van der Waals surface area (Å²) in [4.78, 5) is 29.7. The fraction of sp³-hybridized carbons (Fsp3) is 0.250. The number of hydrogen-bond acceptors (Lipinski definition) is 4. The maximum atomic E-state index is 11.5. The van der Waals surface area contributed by atoms with E-state index in [0.29, 0.717) is 4.47 Å². The van der Waals surface area contributed by atoms with Crippen molar-refractivity contribution in [3.05, 3.63) is 22.7 Å². The van der Waals surface area contributed by atoms with Crippen LogP contribution >= 0.6 is 15.9 Å². The van der Waals surface area contributed by atoms with Crippen molar-refractivity contribution >= 4 is 27.7 Å².